The summed E-state index contributed by atoms with van der Waals surface area (Å²) in [6.45, 7) is 3.62. The fraction of sp³-hybridized carbons (Fsp3) is 0.316. The number of hydrogen-bond acceptors (Lipinski definition) is 5. The van der Waals surface area contributed by atoms with Crippen LogP contribution >= 0.6 is 36.6 Å². The number of hydrogen-bond donors (Lipinski definition) is 3. The lowest BCUT2D eigenvalue weighted by atomic mass is 10.1. The van der Waals surface area contributed by atoms with Crippen molar-refractivity contribution in [2.75, 3.05) is 11.9 Å². The SMILES string of the molecule is CC(C)[C@H](N)C(=O)NCC(=O)Nc1ccc(SCc2cccnc2)cc1.Cl.Cl. The topological polar surface area (TPSA) is 97.1 Å². The Labute approximate surface area is 182 Å². The largest absolute Gasteiger partial charge is 0.346 e. The van der Waals surface area contributed by atoms with Crippen LogP contribution in [0.25, 0.3) is 0 Å². The number of nitrogens with one attached hydrogen (secondary N) is 2. The number of pyridine rings is 1. The molecule has 1 aromatic heterocycles. The van der Waals surface area contributed by atoms with E-state index in [2.05, 4.69) is 15.6 Å². The Morgan fingerprint density at radius 2 is 1.82 bits per heavy atom. The van der Waals surface area contributed by atoms with Gasteiger partial charge in [0.15, 0.2) is 0 Å². The van der Waals surface area contributed by atoms with Crippen LogP contribution in [0.4, 0.5) is 5.69 Å². The van der Waals surface area contributed by atoms with Gasteiger partial charge in [-0.3, -0.25) is 14.6 Å². The van der Waals surface area contributed by atoms with Gasteiger partial charge in [0.25, 0.3) is 0 Å². The molecule has 0 spiro atoms. The average Bonchev–Trinajstić information content (AvgIpc) is 2.65. The summed E-state index contributed by atoms with van der Waals surface area (Å²) >= 11 is 1.70. The summed E-state index contributed by atoms with van der Waals surface area (Å²) in [4.78, 5) is 28.9. The second-order valence-electron chi connectivity index (χ2n) is 6.21. The minimum absolute atomic E-state index is 0. The molecule has 1 atom stereocenters. The number of anilines is 1. The van der Waals surface area contributed by atoms with Gasteiger partial charge in [-0.1, -0.05) is 19.9 Å². The van der Waals surface area contributed by atoms with Gasteiger partial charge in [0.2, 0.25) is 11.8 Å². The summed E-state index contributed by atoms with van der Waals surface area (Å²) < 4.78 is 0. The second kappa shape index (κ2) is 13.4. The predicted molar refractivity (Wildman–Crippen MR) is 119 cm³/mol. The summed E-state index contributed by atoms with van der Waals surface area (Å²) in [6.07, 6.45) is 3.60. The van der Waals surface area contributed by atoms with Crippen LogP contribution in [0.1, 0.15) is 19.4 Å². The number of carbonyl (C=O) groups excluding carboxylic acids is 2. The highest BCUT2D eigenvalue weighted by Gasteiger charge is 2.17. The number of rotatable bonds is 8. The third-order valence-corrected chi connectivity index (χ3v) is 4.79. The van der Waals surface area contributed by atoms with Crippen molar-refractivity contribution < 1.29 is 9.59 Å². The molecule has 9 heteroatoms. The first-order valence-corrected chi connectivity index (χ1v) is 9.39. The van der Waals surface area contributed by atoms with Crippen molar-refractivity contribution in [2.24, 2.45) is 11.7 Å². The van der Waals surface area contributed by atoms with Gasteiger partial charge < -0.3 is 16.4 Å². The molecule has 0 aliphatic heterocycles. The molecule has 0 unspecified atom stereocenters. The van der Waals surface area contributed by atoms with Crippen LogP contribution in [0.3, 0.4) is 0 Å². The van der Waals surface area contributed by atoms with Crippen molar-refractivity contribution in [1.29, 1.82) is 0 Å². The number of carbonyl (C=O) groups is 2. The molecule has 0 fully saturated rings. The Balaban J connectivity index is 0.00000364. The molecule has 0 bridgehead atoms. The summed E-state index contributed by atoms with van der Waals surface area (Å²) in [6, 6.07) is 10.9. The van der Waals surface area contributed by atoms with Crippen LogP contribution in [0.2, 0.25) is 0 Å². The Kier molecular flexibility index (Phi) is 12.5. The maximum absolute atomic E-state index is 11.9. The third kappa shape index (κ3) is 8.93. The Morgan fingerprint density at radius 1 is 1.14 bits per heavy atom. The van der Waals surface area contributed by atoms with Crippen LogP contribution in [0, 0.1) is 5.92 Å². The first-order valence-electron chi connectivity index (χ1n) is 8.40. The molecule has 0 radical (unpaired) electrons. The number of amides is 2. The van der Waals surface area contributed by atoms with Gasteiger partial charge in [-0.2, -0.15) is 0 Å². The van der Waals surface area contributed by atoms with E-state index >= 15 is 0 Å². The maximum Gasteiger partial charge on any atom is 0.243 e. The summed E-state index contributed by atoms with van der Waals surface area (Å²) in [5.41, 5.74) is 7.58. The van der Waals surface area contributed by atoms with Crippen LogP contribution in [-0.4, -0.2) is 29.4 Å². The molecule has 2 amide bonds. The Bertz CT molecular complexity index is 730. The average molecular weight is 445 g/mol. The first kappa shape index (κ1) is 26.2. The summed E-state index contributed by atoms with van der Waals surface area (Å²) in [5, 5.41) is 5.30. The standard InChI is InChI=1S/C19H24N4O2S.2ClH/c1-13(2)18(20)19(25)22-11-17(24)23-15-5-7-16(8-6-15)26-12-14-4-3-9-21-10-14;;/h3-10,13,18H,11-12,20H2,1-2H3,(H,22,25)(H,23,24);2*1H/t18-;;/m0../s1. The predicted octanol–water partition coefficient (Wildman–Crippen LogP) is 3.26. The number of thioether (sulfide) groups is 1. The quantitative estimate of drug-likeness (QED) is 0.542. The van der Waals surface area contributed by atoms with E-state index in [0.717, 1.165) is 16.2 Å². The maximum atomic E-state index is 11.9. The third-order valence-electron chi connectivity index (χ3n) is 3.71. The van der Waals surface area contributed by atoms with Crippen molar-refractivity contribution in [3.63, 3.8) is 0 Å². The Hall–Kier alpha value is -1.80. The zero-order chi connectivity index (χ0) is 18.9. The van der Waals surface area contributed by atoms with Crippen LogP contribution in [0.5, 0.6) is 0 Å². The molecule has 2 aromatic rings. The van der Waals surface area contributed by atoms with Crippen molar-refractivity contribution in [3.05, 3.63) is 54.4 Å². The smallest absolute Gasteiger partial charge is 0.243 e. The normalized spacial score (nSPS) is 11.0. The molecular weight excluding hydrogens is 419 g/mol. The zero-order valence-electron chi connectivity index (χ0n) is 15.8. The van der Waals surface area contributed by atoms with E-state index in [4.69, 9.17) is 5.73 Å². The summed E-state index contributed by atoms with van der Waals surface area (Å²) in [5.74, 6) is 0.249. The van der Waals surface area contributed by atoms with Gasteiger partial charge in [-0.15, -0.1) is 36.6 Å². The number of nitrogens with two attached hydrogens (primary N) is 1. The lowest BCUT2D eigenvalue weighted by Gasteiger charge is -2.15. The fourth-order valence-corrected chi connectivity index (χ4v) is 2.91. The number of aromatic nitrogens is 1. The van der Waals surface area contributed by atoms with Crippen molar-refractivity contribution in [2.45, 2.75) is 30.5 Å². The van der Waals surface area contributed by atoms with Crippen molar-refractivity contribution in [3.8, 4) is 0 Å². The van der Waals surface area contributed by atoms with E-state index in [1.54, 1.807) is 18.0 Å². The molecule has 6 nitrogen and oxygen atoms in total. The molecule has 0 saturated heterocycles. The van der Waals surface area contributed by atoms with Gasteiger partial charge in [-0.05, 0) is 41.8 Å². The highest BCUT2D eigenvalue weighted by molar-refractivity contribution is 7.98. The van der Waals surface area contributed by atoms with Gasteiger partial charge >= 0.3 is 0 Å². The van der Waals surface area contributed by atoms with Crippen LogP contribution < -0.4 is 16.4 Å². The lowest BCUT2D eigenvalue weighted by molar-refractivity contribution is -0.125. The van der Waals surface area contributed by atoms with Gasteiger partial charge in [0, 0.05) is 28.7 Å². The van der Waals surface area contributed by atoms with Crippen LogP contribution in [0.15, 0.2) is 53.7 Å². The molecule has 28 heavy (non-hydrogen) atoms. The molecule has 0 aliphatic rings. The van der Waals surface area contributed by atoms with E-state index in [1.165, 1.54) is 0 Å². The molecule has 154 valence electrons. The molecule has 0 aliphatic carbocycles. The van der Waals surface area contributed by atoms with Crippen molar-refractivity contribution in [1.82, 2.24) is 10.3 Å². The van der Waals surface area contributed by atoms with E-state index in [9.17, 15) is 9.59 Å². The number of nitrogens with zero attached hydrogens (tertiary/aromatic N) is 1. The minimum atomic E-state index is -0.612. The molecule has 0 saturated carbocycles. The molecule has 1 aromatic carbocycles. The second-order valence-corrected chi connectivity index (χ2v) is 7.26. The monoisotopic (exact) mass is 444 g/mol. The summed E-state index contributed by atoms with van der Waals surface area (Å²) in [7, 11) is 0. The minimum Gasteiger partial charge on any atom is -0.346 e. The van der Waals surface area contributed by atoms with Gasteiger partial charge in [0.1, 0.15) is 0 Å². The van der Waals surface area contributed by atoms with Crippen LogP contribution in [-0.2, 0) is 15.3 Å². The molecule has 1 heterocycles. The Morgan fingerprint density at radius 3 is 2.39 bits per heavy atom. The fourth-order valence-electron chi connectivity index (χ4n) is 2.08. The molecule has 4 N–H and O–H groups in total. The van der Waals surface area contributed by atoms with Crippen molar-refractivity contribution >= 4 is 54.1 Å². The van der Waals surface area contributed by atoms with E-state index in [1.807, 2.05) is 56.4 Å². The van der Waals surface area contributed by atoms with Gasteiger partial charge in [-0.25, -0.2) is 0 Å². The van der Waals surface area contributed by atoms with E-state index in [-0.39, 0.29) is 49.1 Å². The van der Waals surface area contributed by atoms with E-state index < -0.39 is 6.04 Å². The highest BCUT2D eigenvalue weighted by Crippen LogP contribution is 2.23. The lowest BCUT2D eigenvalue weighted by Crippen LogP contribution is -2.46. The molecule has 2 rings (SSSR count). The van der Waals surface area contributed by atoms with Gasteiger partial charge in [0.05, 0.1) is 12.6 Å². The van der Waals surface area contributed by atoms with E-state index in [0.29, 0.717) is 5.69 Å². The highest BCUT2D eigenvalue weighted by atomic mass is 35.5. The zero-order valence-corrected chi connectivity index (χ0v) is 18.2. The first-order chi connectivity index (χ1) is 12.5. The molecular formula is C19H26Cl2N4O2S. The number of halogens is 2. The number of benzene rings is 1.